The molecule has 0 saturated carbocycles. The summed E-state index contributed by atoms with van der Waals surface area (Å²) in [6.45, 7) is 7.10. The molecule has 2 heterocycles. The molecule has 1 N–H and O–H groups in total. The monoisotopic (exact) mass is 310 g/mol. The minimum atomic E-state index is -0.0695. The lowest BCUT2D eigenvalue weighted by molar-refractivity contribution is -0.132. The number of ether oxygens (including phenoxy) is 1. The minimum absolute atomic E-state index is 0.000596. The number of carbonyl (C=O) groups excluding carboxylic acids is 1. The molecule has 4 nitrogen and oxygen atoms in total. The van der Waals surface area contributed by atoms with Crippen LogP contribution < -0.4 is 5.32 Å². The zero-order valence-corrected chi connectivity index (χ0v) is 14.2. The predicted octanol–water partition coefficient (Wildman–Crippen LogP) is 3.02. The molecule has 0 bridgehead atoms. The zero-order chi connectivity index (χ0) is 15.4. The van der Waals surface area contributed by atoms with Crippen molar-refractivity contribution >= 4 is 17.2 Å². The van der Waals surface area contributed by atoms with Gasteiger partial charge in [-0.05, 0) is 48.1 Å². The first kappa shape index (κ1) is 16.5. The average molecular weight is 310 g/mol. The van der Waals surface area contributed by atoms with Crippen molar-refractivity contribution in [3.05, 3.63) is 22.4 Å². The summed E-state index contributed by atoms with van der Waals surface area (Å²) in [6.07, 6.45) is 1.74. The smallest absolute Gasteiger partial charge is 0.241 e. The summed E-state index contributed by atoms with van der Waals surface area (Å²) >= 11 is 1.67. The number of nitrogens with zero attached hydrogens (tertiary/aromatic N) is 1. The van der Waals surface area contributed by atoms with Crippen LogP contribution in [-0.2, 0) is 9.53 Å². The van der Waals surface area contributed by atoms with E-state index in [4.69, 9.17) is 4.74 Å². The van der Waals surface area contributed by atoms with Crippen molar-refractivity contribution in [2.75, 3.05) is 13.7 Å². The molecule has 1 aliphatic heterocycles. The van der Waals surface area contributed by atoms with Crippen molar-refractivity contribution in [3.63, 3.8) is 0 Å². The number of hydrogen-bond donors (Lipinski definition) is 1. The fourth-order valence-electron chi connectivity index (χ4n) is 2.88. The van der Waals surface area contributed by atoms with Gasteiger partial charge in [0.2, 0.25) is 5.91 Å². The highest BCUT2D eigenvalue weighted by Crippen LogP contribution is 2.31. The molecule has 3 unspecified atom stereocenters. The van der Waals surface area contributed by atoms with Crippen molar-refractivity contribution in [2.45, 2.75) is 51.9 Å². The Kier molecular flexibility index (Phi) is 5.79. The second-order valence-corrected chi connectivity index (χ2v) is 6.96. The van der Waals surface area contributed by atoms with Crippen molar-refractivity contribution in [1.29, 1.82) is 0 Å². The van der Waals surface area contributed by atoms with E-state index in [0.717, 1.165) is 12.8 Å². The largest absolute Gasteiger partial charge is 0.385 e. The van der Waals surface area contributed by atoms with Gasteiger partial charge in [0.05, 0.1) is 6.04 Å². The van der Waals surface area contributed by atoms with Crippen LogP contribution in [0.3, 0.4) is 0 Å². The van der Waals surface area contributed by atoms with E-state index in [0.29, 0.717) is 12.5 Å². The lowest BCUT2D eigenvalue weighted by atomic mass is 10.0. The number of rotatable bonds is 7. The Hall–Kier alpha value is -0.910. The quantitative estimate of drug-likeness (QED) is 0.842. The summed E-state index contributed by atoms with van der Waals surface area (Å²) in [7, 11) is 1.70. The van der Waals surface area contributed by atoms with Crippen LogP contribution in [0.25, 0.3) is 0 Å². The van der Waals surface area contributed by atoms with Crippen LogP contribution >= 0.6 is 11.3 Å². The minimum Gasteiger partial charge on any atom is -0.385 e. The van der Waals surface area contributed by atoms with Gasteiger partial charge in [0.1, 0.15) is 6.17 Å². The highest BCUT2D eigenvalue weighted by Gasteiger charge is 2.41. The topological polar surface area (TPSA) is 41.6 Å². The maximum absolute atomic E-state index is 12.8. The molecule has 21 heavy (non-hydrogen) atoms. The molecule has 0 radical (unpaired) electrons. The Bertz CT molecular complexity index is 447. The van der Waals surface area contributed by atoms with Crippen LogP contribution in [-0.4, -0.2) is 36.6 Å². The molecule has 1 aliphatic rings. The molecule has 3 atom stereocenters. The second kappa shape index (κ2) is 7.38. The van der Waals surface area contributed by atoms with E-state index in [1.807, 2.05) is 4.90 Å². The van der Waals surface area contributed by atoms with Gasteiger partial charge in [0.25, 0.3) is 0 Å². The standard InChI is InChI=1S/C16H26N2O2S/c1-11(2)9-14-16(19)18(12(3)5-7-20-4)15(17-14)13-6-8-21-10-13/h6,8,10-12,14-15,17H,5,7,9H2,1-4H3. The van der Waals surface area contributed by atoms with E-state index in [1.54, 1.807) is 18.4 Å². The molecule has 5 heteroatoms. The molecular formula is C16H26N2O2S. The van der Waals surface area contributed by atoms with E-state index < -0.39 is 0 Å². The summed E-state index contributed by atoms with van der Waals surface area (Å²) in [5, 5.41) is 7.71. The van der Waals surface area contributed by atoms with Gasteiger partial charge < -0.3 is 9.64 Å². The molecule has 1 aromatic rings. The van der Waals surface area contributed by atoms with Gasteiger partial charge in [-0.25, -0.2) is 0 Å². The van der Waals surface area contributed by atoms with E-state index >= 15 is 0 Å². The van der Waals surface area contributed by atoms with Crippen LogP contribution in [0.15, 0.2) is 16.8 Å². The number of thiophene rings is 1. The average Bonchev–Trinajstić information content (AvgIpc) is 3.05. The first-order valence-electron chi connectivity index (χ1n) is 7.63. The van der Waals surface area contributed by atoms with Gasteiger partial charge in [-0.2, -0.15) is 11.3 Å². The van der Waals surface area contributed by atoms with E-state index in [2.05, 4.69) is 42.9 Å². The third kappa shape index (κ3) is 3.84. The third-order valence-electron chi connectivity index (χ3n) is 3.97. The number of methoxy groups -OCH3 is 1. The molecule has 2 rings (SSSR count). The molecule has 118 valence electrons. The number of amides is 1. The van der Waals surface area contributed by atoms with Crippen LogP contribution in [0.1, 0.15) is 45.3 Å². The molecule has 0 aliphatic carbocycles. The Balaban J connectivity index is 2.17. The SMILES string of the molecule is COCCC(C)N1C(=O)C(CC(C)C)NC1c1ccsc1. The van der Waals surface area contributed by atoms with Gasteiger partial charge in [-0.3, -0.25) is 10.1 Å². The highest BCUT2D eigenvalue weighted by atomic mass is 32.1. The normalized spacial score (nSPS) is 24.0. The molecule has 1 amide bonds. The van der Waals surface area contributed by atoms with E-state index in [1.165, 1.54) is 5.56 Å². The van der Waals surface area contributed by atoms with Crippen LogP contribution in [0.2, 0.25) is 0 Å². The maximum Gasteiger partial charge on any atom is 0.241 e. The number of hydrogen-bond acceptors (Lipinski definition) is 4. The van der Waals surface area contributed by atoms with Crippen molar-refractivity contribution in [3.8, 4) is 0 Å². The summed E-state index contributed by atoms with van der Waals surface area (Å²) < 4.78 is 5.17. The van der Waals surface area contributed by atoms with Crippen molar-refractivity contribution in [2.24, 2.45) is 5.92 Å². The fourth-order valence-corrected chi connectivity index (χ4v) is 3.56. The van der Waals surface area contributed by atoms with Crippen LogP contribution in [0.4, 0.5) is 0 Å². The first-order valence-corrected chi connectivity index (χ1v) is 8.58. The lowest BCUT2D eigenvalue weighted by Gasteiger charge is -2.30. The Morgan fingerprint density at radius 3 is 2.76 bits per heavy atom. The van der Waals surface area contributed by atoms with E-state index in [9.17, 15) is 4.79 Å². The molecule has 1 saturated heterocycles. The van der Waals surface area contributed by atoms with E-state index in [-0.39, 0.29) is 24.2 Å². The highest BCUT2D eigenvalue weighted by molar-refractivity contribution is 7.07. The van der Waals surface area contributed by atoms with Gasteiger partial charge in [0.15, 0.2) is 0 Å². The maximum atomic E-state index is 12.8. The van der Waals surface area contributed by atoms with Crippen molar-refractivity contribution < 1.29 is 9.53 Å². The Labute approximate surface area is 131 Å². The van der Waals surface area contributed by atoms with Gasteiger partial charge in [0, 0.05) is 19.8 Å². The summed E-state index contributed by atoms with van der Waals surface area (Å²) in [5.74, 6) is 0.729. The molecular weight excluding hydrogens is 284 g/mol. The predicted molar refractivity (Wildman–Crippen MR) is 86.2 cm³/mol. The second-order valence-electron chi connectivity index (χ2n) is 6.18. The molecule has 0 aromatic carbocycles. The first-order chi connectivity index (χ1) is 10.0. The van der Waals surface area contributed by atoms with Gasteiger partial charge in [-0.1, -0.05) is 13.8 Å². The van der Waals surface area contributed by atoms with Gasteiger partial charge in [-0.15, -0.1) is 0 Å². The third-order valence-corrected chi connectivity index (χ3v) is 4.67. The zero-order valence-electron chi connectivity index (χ0n) is 13.3. The van der Waals surface area contributed by atoms with Crippen LogP contribution in [0.5, 0.6) is 0 Å². The summed E-state index contributed by atoms with van der Waals surface area (Å²) in [6, 6.07) is 2.20. The molecule has 1 fully saturated rings. The number of carbonyl (C=O) groups is 1. The molecule has 1 aromatic heterocycles. The summed E-state index contributed by atoms with van der Waals surface area (Å²) in [4.78, 5) is 14.8. The Morgan fingerprint density at radius 1 is 1.43 bits per heavy atom. The fraction of sp³-hybridized carbons (Fsp3) is 0.688. The van der Waals surface area contributed by atoms with Gasteiger partial charge >= 0.3 is 0 Å². The van der Waals surface area contributed by atoms with Crippen LogP contribution in [0, 0.1) is 5.92 Å². The molecule has 0 spiro atoms. The number of nitrogens with one attached hydrogen (secondary N) is 1. The van der Waals surface area contributed by atoms with Crippen molar-refractivity contribution in [1.82, 2.24) is 10.2 Å². The Morgan fingerprint density at radius 2 is 2.19 bits per heavy atom. The summed E-state index contributed by atoms with van der Waals surface area (Å²) in [5.41, 5.74) is 1.18. The lowest BCUT2D eigenvalue weighted by Crippen LogP contribution is -2.39.